The third kappa shape index (κ3) is 2.75. The Balaban J connectivity index is 2.14. The van der Waals surface area contributed by atoms with Crippen LogP contribution < -0.4 is 0 Å². The average molecular weight is 362 g/mol. The Hall–Kier alpha value is -0.920. The van der Waals surface area contributed by atoms with E-state index in [4.69, 9.17) is 5.11 Å². The summed E-state index contributed by atoms with van der Waals surface area (Å²) in [6.45, 7) is 3.98. The number of benzene rings is 1. The Morgan fingerprint density at radius 3 is 2.55 bits per heavy atom. The second-order valence-electron chi connectivity index (χ2n) is 5.12. The highest BCUT2D eigenvalue weighted by Crippen LogP contribution is 2.31. The van der Waals surface area contributed by atoms with E-state index in [1.54, 1.807) is 25.1 Å². The molecule has 1 aliphatic heterocycles. The lowest BCUT2D eigenvalue weighted by Crippen LogP contribution is -2.53. The first-order valence-corrected chi connectivity index (χ1v) is 8.46. The minimum atomic E-state index is -3.51. The maximum absolute atomic E-state index is 12.4. The molecule has 110 valence electrons. The fraction of sp³-hybridized carbons (Fsp3) is 0.462. The molecule has 1 unspecified atom stereocenters. The normalized spacial score (nSPS) is 18.6. The molecule has 20 heavy (non-hydrogen) atoms. The van der Waals surface area contributed by atoms with Crippen LogP contribution in [-0.2, 0) is 14.8 Å². The van der Waals surface area contributed by atoms with E-state index in [-0.39, 0.29) is 23.9 Å². The van der Waals surface area contributed by atoms with Gasteiger partial charge in [0.15, 0.2) is 0 Å². The monoisotopic (exact) mass is 361 g/mol. The molecule has 0 aromatic heterocycles. The molecule has 5 nitrogen and oxygen atoms in total. The van der Waals surface area contributed by atoms with Gasteiger partial charge in [0, 0.05) is 17.6 Å². The number of aryl methyl sites for hydroxylation is 1. The maximum atomic E-state index is 12.4. The Kier molecular flexibility index (Phi) is 4.22. The van der Waals surface area contributed by atoms with Crippen LogP contribution in [0.5, 0.6) is 0 Å². The van der Waals surface area contributed by atoms with Gasteiger partial charge in [0.1, 0.15) is 0 Å². The van der Waals surface area contributed by atoms with Gasteiger partial charge in [-0.05, 0) is 36.6 Å². The third-order valence-corrected chi connectivity index (χ3v) is 6.46. The van der Waals surface area contributed by atoms with E-state index in [0.29, 0.717) is 0 Å². The van der Waals surface area contributed by atoms with Crippen LogP contribution in [0.4, 0.5) is 0 Å². The number of hydrogen-bond donors (Lipinski definition) is 1. The van der Waals surface area contributed by atoms with Gasteiger partial charge in [-0.25, -0.2) is 8.42 Å². The van der Waals surface area contributed by atoms with E-state index in [9.17, 15) is 13.2 Å². The van der Waals surface area contributed by atoms with E-state index in [2.05, 4.69) is 15.9 Å². The second-order valence-corrected chi connectivity index (χ2v) is 7.91. The van der Waals surface area contributed by atoms with Gasteiger partial charge in [0.05, 0.1) is 10.8 Å². The van der Waals surface area contributed by atoms with Crippen molar-refractivity contribution in [1.29, 1.82) is 0 Å². The first-order valence-electron chi connectivity index (χ1n) is 6.22. The number of rotatable bonds is 4. The van der Waals surface area contributed by atoms with Crippen molar-refractivity contribution in [2.24, 2.45) is 11.8 Å². The lowest BCUT2D eigenvalue weighted by Gasteiger charge is -2.40. The zero-order valence-electron chi connectivity index (χ0n) is 11.2. The molecular weight excluding hydrogens is 346 g/mol. The molecular formula is C13H16BrNO4S. The summed E-state index contributed by atoms with van der Waals surface area (Å²) in [6.07, 6.45) is 0. The van der Waals surface area contributed by atoms with E-state index in [1.807, 2.05) is 6.92 Å². The summed E-state index contributed by atoms with van der Waals surface area (Å²) < 4.78 is 27.0. The molecule has 1 heterocycles. The molecule has 1 aromatic rings. The van der Waals surface area contributed by atoms with Gasteiger partial charge >= 0.3 is 5.97 Å². The van der Waals surface area contributed by atoms with Gasteiger partial charge in [-0.15, -0.1) is 0 Å². The van der Waals surface area contributed by atoms with E-state index >= 15 is 0 Å². The smallest absolute Gasteiger partial charge is 0.306 e. The molecule has 0 amide bonds. The summed E-state index contributed by atoms with van der Waals surface area (Å²) in [5, 5.41) is 8.92. The van der Waals surface area contributed by atoms with Crippen LogP contribution in [0, 0.1) is 18.8 Å². The maximum Gasteiger partial charge on any atom is 0.306 e. The molecule has 0 spiro atoms. The summed E-state index contributed by atoms with van der Waals surface area (Å²) >= 11 is 3.34. The molecule has 2 rings (SSSR count). The standard InChI is InChI=1S/C13H16BrNO4S/c1-8-5-11(3-4-12(8)14)20(18,19)15-6-10(7-15)9(2)13(16)17/h3-5,9-10H,6-7H2,1-2H3,(H,16,17). The Bertz CT molecular complexity index is 638. The van der Waals surface area contributed by atoms with Gasteiger partial charge in [-0.2, -0.15) is 4.31 Å². The van der Waals surface area contributed by atoms with E-state index < -0.39 is 21.9 Å². The van der Waals surface area contributed by atoms with Crippen molar-refractivity contribution in [2.45, 2.75) is 18.7 Å². The van der Waals surface area contributed by atoms with Gasteiger partial charge < -0.3 is 5.11 Å². The molecule has 1 fully saturated rings. The number of carboxylic acids is 1. The summed E-state index contributed by atoms with van der Waals surface area (Å²) in [6, 6.07) is 4.88. The van der Waals surface area contributed by atoms with Crippen LogP contribution in [0.2, 0.25) is 0 Å². The lowest BCUT2D eigenvalue weighted by molar-refractivity contribution is -0.144. The molecule has 0 bridgehead atoms. The summed E-state index contributed by atoms with van der Waals surface area (Å²) in [5.74, 6) is -1.52. The third-order valence-electron chi connectivity index (χ3n) is 3.74. The fourth-order valence-electron chi connectivity index (χ4n) is 2.11. The number of carbonyl (C=O) groups is 1. The minimum Gasteiger partial charge on any atom is -0.481 e. The zero-order chi connectivity index (χ0) is 15.1. The molecule has 1 saturated heterocycles. The molecule has 0 aliphatic carbocycles. The largest absolute Gasteiger partial charge is 0.481 e. The number of halogens is 1. The second kappa shape index (κ2) is 5.46. The summed E-state index contributed by atoms with van der Waals surface area (Å²) in [4.78, 5) is 11.1. The quantitative estimate of drug-likeness (QED) is 0.890. The minimum absolute atomic E-state index is 0.112. The van der Waals surface area contributed by atoms with Crippen LogP contribution in [0.25, 0.3) is 0 Å². The van der Waals surface area contributed by atoms with Crippen molar-refractivity contribution in [3.05, 3.63) is 28.2 Å². The molecule has 1 aromatic carbocycles. The molecule has 7 heteroatoms. The van der Waals surface area contributed by atoms with Crippen LogP contribution >= 0.6 is 15.9 Å². The highest BCUT2D eigenvalue weighted by atomic mass is 79.9. The highest BCUT2D eigenvalue weighted by molar-refractivity contribution is 9.10. The number of nitrogens with zero attached hydrogens (tertiary/aromatic N) is 1. The van der Waals surface area contributed by atoms with Crippen molar-refractivity contribution in [1.82, 2.24) is 4.31 Å². The van der Waals surface area contributed by atoms with E-state index in [0.717, 1.165) is 10.0 Å². The van der Waals surface area contributed by atoms with Crippen molar-refractivity contribution < 1.29 is 18.3 Å². The summed E-state index contributed by atoms with van der Waals surface area (Å²) in [5.41, 5.74) is 0.849. The van der Waals surface area contributed by atoms with Crippen LogP contribution in [0.1, 0.15) is 12.5 Å². The predicted molar refractivity (Wildman–Crippen MR) is 77.9 cm³/mol. The molecule has 0 saturated carbocycles. The van der Waals surface area contributed by atoms with Gasteiger partial charge in [-0.3, -0.25) is 4.79 Å². The van der Waals surface area contributed by atoms with Gasteiger partial charge in [-0.1, -0.05) is 22.9 Å². The predicted octanol–water partition coefficient (Wildman–Crippen LogP) is 2.10. The number of sulfonamides is 1. The SMILES string of the molecule is Cc1cc(S(=O)(=O)N2CC(C(C)C(=O)O)C2)ccc1Br. The van der Waals surface area contributed by atoms with Crippen LogP contribution in [0.3, 0.4) is 0 Å². The Labute approximate surface area is 126 Å². The molecule has 0 radical (unpaired) electrons. The van der Waals surface area contributed by atoms with Crippen molar-refractivity contribution in [2.75, 3.05) is 13.1 Å². The molecule has 1 aliphatic rings. The lowest BCUT2D eigenvalue weighted by atomic mass is 9.89. The van der Waals surface area contributed by atoms with Crippen molar-refractivity contribution in [3.63, 3.8) is 0 Å². The van der Waals surface area contributed by atoms with Crippen LogP contribution in [-0.4, -0.2) is 36.9 Å². The summed E-state index contributed by atoms with van der Waals surface area (Å²) in [7, 11) is -3.51. The highest BCUT2D eigenvalue weighted by Gasteiger charge is 2.41. The zero-order valence-corrected chi connectivity index (χ0v) is 13.6. The average Bonchev–Trinajstić information content (AvgIpc) is 2.29. The van der Waals surface area contributed by atoms with Crippen LogP contribution in [0.15, 0.2) is 27.6 Å². The first-order chi connectivity index (χ1) is 9.23. The Morgan fingerprint density at radius 1 is 1.45 bits per heavy atom. The molecule has 1 N–H and O–H groups in total. The Morgan fingerprint density at radius 2 is 2.05 bits per heavy atom. The van der Waals surface area contributed by atoms with Crippen molar-refractivity contribution in [3.8, 4) is 0 Å². The first kappa shape index (κ1) is 15.5. The molecule has 1 atom stereocenters. The number of aliphatic carboxylic acids is 1. The fourth-order valence-corrected chi connectivity index (χ4v) is 4.00. The van der Waals surface area contributed by atoms with Crippen molar-refractivity contribution >= 4 is 31.9 Å². The van der Waals surface area contributed by atoms with Gasteiger partial charge in [0.25, 0.3) is 0 Å². The number of hydrogen-bond acceptors (Lipinski definition) is 3. The van der Waals surface area contributed by atoms with E-state index in [1.165, 1.54) is 4.31 Å². The number of carboxylic acid groups (broad SMARTS) is 1. The topological polar surface area (TPSA) is 74.7 Å². The van der Waals surface area contributed by atoms with Gasteiger partial charge in [0.2, 0.25) is 10.0 Å².